The number of rotatable bonds is 8. The summed E-state index contributed by atoms with van der Waals surface area (Å²) >= 11 is -2.38. The van der Waals surface area contributed by atoms with Gasteiger partial charge in [-0.3, -0.25) is 4.98 Å². The molecule has 6 heteroatoms. The Morgan fingerprint density at radius 3 is 1.98 bits per heavy atom. The quantitative estimate of drug-likeness (QED) is 0.112. The standard InChI is InChI=1S/C36H38N3.C16H20GeN.Ir/c1-8-38-32-15-11-9-13-27(32)30-19-25(17-18-33(30)38)36-37-31-14-10-12-16-34(31)39(36)35-28(23(4)5)20-26(22(2)3)21-29(35)24(6)7;1-12-6-8-14(9-7-12)16-10-13(2)15(11-18-16)17(3,4)5;/h9-16,18-24H,8H2,1-7H3;6-8,10-11H,1-5H3;/q2*-1;/i;1D3,2D3;. The van der Waals surface area contributed by atoms with Gasteiger partial charge in [-0.2, -0.15) is 0 Å². The summed E-state index contributed by atoms with van der Waals surface area (Å²) in [6.45, 7) is 12.6. The van der Waals surface area contributed by atoms with Crippen molar-refractivity contribution in [1.82, 2.24) is 19.1 Å². The van der Waals surface area contributed by atoms with E-state index >= 15 is 0 Å². The average molecular weight is 1010 g/mol. The van der Waals surface area contributed by atoms with E-state index in [1.165, 1.54) is 56.3 Å². The third-order valence-corrected chi connectivity index (χ3v) is 15.2. The molecule has 0 unspecified atom stereocenters. The number of hydrogen-bond donors (Lipinski definition) is 0. The van der Waals surface area contributed by atoms with Gasteiger partial charge in [-0.1, -0.05) is 89.4 Å². The topological polar surface area (TPSA) is 35.6 Å². The van der Waals surface area contributed by atoms with Crippen LogP contribution in [0.5, 0.6) is 0 Å². The van der Waals surface area contributed by atoms with Crippen LogP contribution in [0, 0.1) is 25.8 Å². The summed E-state index contributed by atoms with van der Waals surface area (Å²) < 4.78 is 51.3. The van der Waals surface area contributed by atoms with Gasteiger partial charge < -0.3 is 9.13 Å². The van der Waals surface area contributed by atoms with E-state index in [-0.39, 0.29) is 25.7 Å². The van der Waals surface area contributed by atoms with E-state index in [4.69, 9.17) is 13.2 Å². The number of hydrogen-bond acceptors (Lipinski definition) is 2. The largest absolute Gasteiger partial charge is 0 e. The van der Waals surface area contributed by atoms with Gasteiger partial charge in [0.2, 0.25) is 0 Å². The smallest absolute Gasteiger partial charge is 0 e. The molecule has 0 spiro atoms. The molecule has 58 heavy (non-hydrogen) atoms. The second-order valence-corrected chi connectivity index (χ2v) is 27.6. The predicted molar refractivity (Wildman–Crippen MR) is 247 cm³/mol. The molecule has 0 fully saturated rings. The van der Waals surface area contributed by atoms with Crippen molar-refractivity contribution in [1.29, 1.82) is 0 Å². The Bertz CT molecular complexity index is 2910. The number of fused-ring (bicyclic) bond motifs is 4. The van der Waals surface area contributed by atoms with E-state index in [1.54, 1.807) is 18.3 Å². The SMILES string of the molecule is CCn1c2c[c-]c(-c3nc4ccccc4n3-c3c(C(C)C)cc(C(C)C)cc3C(C)C)cc2c2ccccc21.[2H]C([2H])([2H])c1c[c-]c(-c2cc(C([2H])([2H])[2H])[c]([Ge]([CH3])([CH3])[CH3])cn2)cc1.[Ir]. The molecule has 301 valence electrons. The Morgan fingerprint density at radius 1 is 0.707 bits per heavy atom. The molecule has 0 atom stereocenters. The van der Waals surface area contributed by atoms with Gasteiger partial charge in [0.15, 0.2) is 0 Å². The number of imidazole rings is 1. The van der Waals surface area contributed by atoms with Crippen molar-refractivity contribution < 1.29 is 28.3 Å². The summed E-state index contributed by atoms with van der Waals surface area (Å²) in [5.74, 6) is 8.56. The zero-order chi connectivity index (χ0) is 45.8. The number of pyridine rings is 1. The van der Waals surface area contributed by atoms with Crippen LogP contribution < -0.4 is 4.40 Å². The molecule has 0 aliphatic heterocycles. The number of para-hydroxylation sites is 3. The van der Waals surface area contributed by atoms with Gasteiger partial charge >= 0.3 is 121 Å². The van der Waals surface area contributed by atoms with E-state index in [0.29, 0.717) is 34.6 Å². The van der Waals surface area contributed by atoms with Gasteiger partial charge in [0.1, 0.15) is 0 Å². The van der Waals surface area contributed by atoms with E-state index < -0.39 is 27.0 Å². The Hall–Kier alpha value is -4.29. The first-order valence-electron chi connectivity index (χ1n) is 23.2. The molecule has 0 amide bonds. The molecule has 8 rings (SSSR count). The van der Waals surface area contributed by atoms with Crippen molar-refractivity contribution in [2.45, 2.75) is 104 Å². The van der Waals surface area contributed by atoms with E-state index in [2.05, 4.69) is 165 Å². The Labute approximate surface area is 371 Å². The first-order valence-corrected chi connectivity index (χ1v) is 27.6. The second-order valence-electron chi connectivity index (χ2n) is 17.0. The van der Waals surface area contributed by atoms with Gasteiger partial charge in [0, 0.05) is 37.9 Å². The van der Waals surface area contributed by atoms with Crippen LogP contribution in [-0.4, -0.2) is 32.4 Å². The summed E-state index contributed by atoms with van der Waals surface area (Å²) in [5.41, 5.74) is 12.7. The van der Waals surface area contributed by atoms with Gasteiger partial charge in [-0.25, -0.2) is 0 Å². The first kappa shape index (κ1) is 35.6. The summed E-state index contributed by atoms with van der Waals surface area (Å²) in [6, 6.07) is 39.3. The number of benzene rings is 5. The fraction of sp³-hybridized carbons (Fsp3) is 0.308. The molecule has 5 aromatic carbocycles. The molecular weight excluding hydrogens is 945 g/mol. The van der Waals surface area contributed by atoms with Crippen LogP contribution in [0.25, 0.3) is 61.2 Å². The minimum Gasteiger partial charge on any atom is 0 e. The zero-order valence-electron chi connectivity index (χ0n) is 41.4. The molecule has 0 saturated carbocycles. The molecule has 4 nitrogen and oxygen atoms in total. The molecule has 8 aromatic rings. The van der Waals surface area contributed by atoms with Gasteiger partial charge in [-0.15, -0.1) is 23.8 Å². The van der Waals surface area contributed by atoms with Crippen LogP contribution in [0.1, 0.15) is 102 Å². The molecule has 1 radical (unpaired) electrons. The van der Waals surface area contributed by atoms with Crippen molar-refractivity contribution in [2.24, 2.45) is 0 Å². The van der Waals surface area contributed by atoms with E-state index in [9.17, 15) is 0 Å². The minimum absolute atomic E-state index is 0. The van der Waals surface area contributed by atoms with E-state index in [0.717, 1.165) is 33.4 Å². The Kier molecular flexibility index (Phi) is 10.8. The van der Waals surface area contributed by atoms with Gasteiger partial charge in [-0.05, 0) is 70.5 Å². The van der Waals surface area contributed by atoms with Crippen LogP contribution in [0.15, 0.2) is 103 Å². The molecule has 3 heterocycles. The summed E-state index contributed by atoms with van der Waals surface area (Å²) in [7, 11) is 0. The second kappa shape index (κ2) is 17.5. The van der Waals surface area contributed by atoms with Crippen LogP contribution in [0.4, 0.5) is 0 Å². The van der Waals surface area contributed by atoms with E-state index in [1.807, 2.05) is 0 Å². The molecular formula is C52H58GeIrN4-2. The maximum Gasteiger partial charge on any atom is 0 e. The third kappa shape index (κ3) is 8.42. The van der Waals surface area contributed by atoms with Crippen molar-refractivity contribution in [3.8, 4) is 28.3 Å². The Balaban J connectivity index is 0.000000235. The van der Waals surface area contributed by atoms with Crippen molar-refractivity contribution in [3.05, 3.63) is 143 Å². The maximum atomic E-state index is 7.82. The monoisotopic (exact) mass is 1010 g/mol. The van der Waals surface area contributed by atoms with Crippen molar-refractivity contribution in [2.75, 3.05) is 0 Å². The van der Waals surface area contributed by atoms with Crippen LogP contribution in [0.2, 0.25) is 17.3 Å². The summed E-state index contributed by atoms with van der Waals surface area (Å²) in [4.78, 5) is 9.66. The molecule has 0 bridgehead atoms. The number of nitrogens with zero attached hydrogens (tertiary/aromatic N) is 4. The molecule has 3 aromatic heterocycles. The number of aromatic nitrogens is 4. The van der Waals surface area contributed by atoms with Crippen molar-refractivity contribution >= 4 is 50.5 Å². The third-order valence-electron chi connectivity index (χ3n) is 10.9. The maximum absolute atomic E-state index is 7.82. The minimum atomic E-state index is -2.38. The molecule has 0 aliphatic rings. The average Bonchev–Trinajstić information content (AvgIpc) is 3.77. The van der Waals surface area contributed by atoms with Gasteiger partial charge in [0.25, 0.3) is 0 Å². The fourth-order valence-electron chi connectivity index (χ4n) is 7.85. The van der Waals surface area contributed by atoms with Crippen LogP contribution >= 0.6 is 0 Å². The van der Waals surface area contributed by atoms with Gasteiger partial charge in [0.05, 0.1) is 16.9 Å². The summed E-state index contributed by atoms with van der Waals surface area (Å²) in [5, 5.41) is 2.53. The first-order chi connectivity index (χ1) is 29.6. The van der Waals surface area contributed by atoms with Crippen molar-refractivity contribution in [3.63, 3.8) is 0 Å². The van der Waals surface area contributed by atoms with Crippen LogP contribution in [0.3, 0.4) is 0 Å². The fourth-order valence-corrected chi connectivity index (χ4v) is 10.6. The molecule has 0 N–H and O–H groups in total. The number of aryl methyl sites for hydroxylation is 3. The molecule has 0 saturated heterocycles. The Morgan fingerprint density at radius 2 is 1.38 bits per heavy atom. The molecule has 0 aliphatic carbocycles. The predicted octanol–water partition coefficient (Wildman–Crippen LogP) is 13.7. The summed E-state index contributed by atoms with van der Waals surface area (Å²) in [6.07, 6.45) is 1.67. The zero-order valence-corrected chi connectivity index (χ0v) is 39.9. The normalized spacial score (nSPS) is 13.8. The van der Waals surface area contributed by atoms with Crippen LogP contribution in [-0.2, 0) is 26.7 Å².